The van der Waals surface area contributed by atoms with Gasteiger partial charge in [-0.25, -0.2) is 4.39 Å². The third-order valence-electron chi connectivity index (χ3n) is 0.558. The molecule has 60 valence electrons. The molecule has 0 fully saturated rings. The zero-order valence-corrected chi connectivity index (χ0v) is 7.99. The van der Waals surface area contributed by atoms with Gasteiger partial charge in [-0.15, -0.1) is 0 Å². The molecule has 0 bridgehead atoms. The Kier molecular flexibility index (Phi) is 9.54. The molecule has 0 rings (SSSR count). The van der Waals surface area contributed by atoms with Gasteiger partial charge in [-0.05, 0) is 22.6 Å². The van der Waals surface area contributed by atoms with E-state index < -0.39 is 23.9 Å². The predicted molar refractivity (Wildman–Crippen MR) is 40.9 cm³/mol. The van der Waals surface area contributed by atoms with Crippen molar-refractivity contribution in [3.63, 3.8) is 0 Å². The van der Waals surface area contributed by atoms with Crippen LogP contribution < -0.4 is 18.9 Å². The number of rotatable bonds is 3. The van der Waals surface area contributed by atoms with Gasteiger partial charge in [0.25, 0.3) is 5.97 Å². The summed E-state index contributed by atoms with van der Waals surface area (Å²) in [6, 6.07) is 0. The van der Waals surface area contributed by atoms with Gasteiger partial charge in [0.15, 0.2) is 4.18 Å². The molecule has 0 aromatic rings. The minimum atomic E-state index is -2.15. The van der Waals surface area contributed by atoms with Crippen LogP contribution in [0.5, 0.6) is 0 Å². The van der Waals surface area contributed by atoms with Gasteiger partial charge in [-0.3, -0.25) is 4.79 Å². The zero-order valence-electron chi connectivity index (χ0n) is 6.83. The Morgan fingerprint density at radius 1 is 1.82 bits per heavy atom. The summed E-state index contributed by atoms with van der Waals surface area (Å²) in [4.78, 5) is 10.3. The van der Waals surface area contributed by atoms with Crippen LogP contribution in [-0.2, 0) is 9.45 Å². The molecule has 0 saturated heterocycles. The van der Waals surface area contributed by atoms with Crippen molar-refractivity contribution in [1.29, 1.82) is 0 Å². The van der Waals surface area contributed by atoms with E-state index >= 15 is 0 Å². The minimum Gasteiger partial charge on any atom is -1.00 e. The van der Waals surface area contributed by atoms with Gasteiger partial charge in [-0.1, -0.05) is 0 Å². The molecular weight excluding hydrogens is 264 g/mol. The number of carbonyl (C=O) groups excluding carboxylic acids is 1. The van der Waals surface area contributed by atoms with Gasteiger partial charge in [0.1, 0.15) is 0 Å². The van der Waals surface area contributed by atoms with Gasteiger partial charge in [-0.2, -0.15) is 0 Å². The minimum absolute atomic E-state index is 0. The first-order chi connectivity index (χ1) is 4.52. The van der Waals surface area contributed by atoms with Crippen LogP contribution in [0.15, 0.2) is 0 Å². The van der Waals surface area contributed by atoms with Crippen LogP contribution in [0.1, 0.15) is 7.85 Å². The average molecular weight is 270 g/mol. The van der Waals surface area contributed by atoms with Crippen LogP contribution in [0.4, 0.5) is 4.39 Å². The molecule has 0 radical (unpaired) electrons. The summed E-state index contributed by atoms with van der Waals surface area (Å²) in [5, 5.41) is 16.0. The van der Waals surface area contributed by atoms with E-state index in [0.717, 1.165) is 0 Å². The summed E-state index contributed by atoms with van der Waals surface area (Å²) in [6.07, 6.45) is -0.474. The normalized spacial score (nSPS) is 11.3. The van der Waals surface area contributed by atoms with Crippen molar-refractivity contribution in [2.75, 3.05) is 0 Å². The molecule has 0 aromatic heterocycles. The first-order valence-electron chi connectivity index (χ1n) is 2.36. The summed E-state index contributed by atoms with van der Waals surface area (Å²) in [6.45, 7) is 0. The molecule has 0 aliphatic rings. The summed E-state index contributed by atoms with van der Waals surface area (Å²) in [7, 11) is -2.15. The van der Waals surface area contributed by atoms with Gasteiger partial charge >= 0.3 is 26.2 Å². The Balaban J connectivity index is -0.000000405. The summed E-state index contributed by atoms with van der Waals surface area (Å²) < 4.78 is 14.4. The van der Waals surface area contributed by atoms with E-state index in [4.69, 9.17) is 10.0 Å². The zero-order chi connectivity index (χ0) is 8.15. The number of hydrogen-bond acceptors (Lipinski definition) is 4. The maximum absolute atomic E-state index is 11.9. The van der Waals surface area contributed by atoms with E-state index in [2.05, 4.69) is 4.65 Å². The SMILES string of the molecule is O=C(CC(F)I)OB(O)O.[H-].[Li+]. The van der Waals surface area contributed by atoms with Gasteiger partial charge in [0.2, 0.25) is 0 Å². The molecule has 0 amide bonds. The predicted octanol–water partition coefficient (Wildman–Crippen LogP) is -3.26. The van der Waals surface area contributed by atoms with E-state index in [1.165, 1.54) is 22.6 Å². The molecule has 0 aliphatic heterocycles. The number of halogens is 2. The summed E-state index contributed by atoms with van der Waals surface area (Å²) >= 11 is 1.37. The van der Waals surface area contributed by atoms with E-state index in [9.17, 15) is 9.18 Å². The van der Waals surface area contributed by atoms with E-state index in [1.807, 2.05) is 0 Å². The van der Waals surface area contributed by atoms with Crippen molar-refractivity contribution >= 4 is 35.9 Å². The van der Waals surface area contributed by atoms with Gasteiger partial charge in [0.05, 0.1) is 6.42 Å². The van der Waals surface area contributed by atoms with Crippen LogP contribution in [0.3, 0.4) is 0 Å². The Morgan fingerprint density at radius 2 is 2.27 bits per heavy atom. The Hall–Kier alpha value is 0.712. The molecule has 1 atom stereocenters. The van der Waals surface area contributed by atoms with Crippen molar-refractivity contribution in [1.82, 2.24) is 0 Å². The van der Waals surface area contributed by atoms with Crippen LogP contribution in [0.2, 0.25) is 0 Å². The fraction of sp³-hybridized carbons (Fsp3) is 0.667. The maximum atomic E-state index is 11.9. The van der Waals surface area contributed by atoms with Crippen molar-refractivity contribution < 1.29 is 44.2 Å². The molecule has 0 heterocycles. The quantitative estimate of drug-likeness (QED) is 0.321. The number of hydrogen-bond donors (Lipinski definition) is 2. The Morgan fingerprint density at radius 3 is 2.55 bits per heavy atom. The van der Waals surface area contributed by atoms with Gasteiger partial charge in [0, 0.05) is 0 Å². The first-order valence-corrected chi connectivity index (χ1v) is 3.60. The second kappa shape index (κ2) is 7.37. The fourth-order valence-corrected chi connectivity index (χ4v) is 0.651. The van der Waals surface area contributed by atoms with Crippen LogP contribution >= 0.6 is 22.6 Å². The smallest absolute Gasteiger partial charge is 1.00 e. The van der Waals surface area contributed by atoms with E-state index in [0.29, 0.717) is 0 Å². The van der Waals surface area contributed by atoms with E-state index in [1.54, 1.807) is 0 Å². The molecule has 11 heavy (non-hydrogen) atoms. The molecule has 0 aromatic carbocycles. The monoisotopic (exact) mass is 270 g/mol. The maximum Gasteiger partial charge on any atom is 1.00 e. The van der Waals surface area contributed by atoms with Crippen molar-refractivity contribution in [2.24, 2.45) is 0 Å². The van der Waals surface area contributed by atoms with Crippen molar-refractivity contribution in [3.8, 4) is 0 Å². The summed E-state index contributed by atoms with van der Waals surface area (Å²) in [5.74, 6) is -0.975. The van der Waals surface area contributed by atoms with Crippen molar-refractivity contribution in [2.45, 2.75) is 10.6 Å². The molecule has 0 spiro atoms. The van der Waals surface area contributed by atoms with Crippen LogP contribution in [0, 0.1) is 0 Å². The van der Waals surface area contributed by atoms with Gasteiger partial charge < -0.3 is 16.1 Å². The van der Waals surface area contributed by atoms with Crippen LogP contribution in [0.25, 0.3) is 0 Å². The molecule has 0 aliphatic carbocycles. The molecule has 1 unspecified atom stereocenters. The topological polar surface area (TPSA) is 66.8 Å². The second-order valence-corrected chi connectivity index (χ2v) is 2.76. The van der Waals surface area contributed by atoms with E-state index in [-0.39, 0.29) is 20.3 Å². The fourth-order valence-electron chi connectivity index (χ4n) is 0.292. The standard InChI is InChI=1S/C3H5BFIO4.Li.H/c5-2(6)1-3(7)10-4(8)9;;/h2,8-9H,1H2;;/q;+1;-1. The Bertz CT molecular complexity index is 117. The number of carbonyl (C=O) groups is 1. The molecular formula is C3H6BFILiO4. The van der Waals surface area contributed by atoms with Crippen molar-refractivity contribution in [3.05, 3.63) is 0 Å². The Labute approximate surface area is 90.5 Å². The molecule has 2 N–H and O–H groups in total. The molecule has 8 heteroatoms. The molecule has 4 nitrogen and oxygen atoms in total. The second-order valence-electron chi connectivity index (χ2n) is 1.41. The third kappa shape index (κ3) is 10.7. The number of alkyl halides is 2. The van der Waals surface area contributed by atoms with Crippen LogP contribution in [-0.4, -0.2) is 27.5 Å². The molecule has 0 saturated carbocycles. The third-order valence-corrected chi connectivity index (χ3v) is 0.998. The largest absolute Gasteiger partial charge is 1.00 e. The average Bonchev–Trinajstić information content (AvgIpc) is 1.58. The summed E-state index contributed by atoms with van der Waals surface area (Å²) in [5.41, 5.74) is 0. The first kappa shape index (κ1) is 14.2.